The summed E-state index contributed by atoms with van der Waals surface area (Å²) in [6, 6.07) is 15.2. The van der Waals surface area contributed by atoms with E-state index in [0.29, 0.717) is 37.4 Å². The summed E-state index contributed by atoms with van der Waals surface area (Å²) in [4.78, 5) is 27.2. The smallest absolute Gasteiger partial charge is 0.245 e. The molecule has 0 saturated carbocycles. The third-order valence-corrected chi connectivity index (χ3v) is 5.33. The van der Waals surface area contributed by atoms with Gasteiger partial charge in [0.15, 0.2) is 0 Å². The first kappa shape index (κ1) is 19.7. The maximum atomic E-state index is 13.0. The number of rotatable bonds is 7. The van der Waals surface area contributed by atoms with Gasteiger partial charge >= 0.3 is 0 Å². The average Bonchev–Trinajstić information content (AvgIpc) is 3.02. The standard InChI is InChI=1S/C22H26N2O4/c1-22(21(26)23-14-16-7-5-4-6-8-16)12-11-20(25)24(22)15-17-9-10-18(27-2)13-19(17)28-3/h4-10,13H,11-12,14-15H2,1-3H3,(H,23,26)/t22-/m1/s1. The molecule has 1 aliphatic heterocycles. The van der Waals surface area contributed by atoms with Gasteiger partial charge in [0.05, 0.1) is 20.8 Å². The third-order valence-electron chi connectivity index (χ3n) is 5.33. The van der Waals surface area contributed by atoms with E-state index in [9.17, 15) is 9.59 Å². The summed E-state index contributed by atoms with van der Waals surface area (Å²) in [6.07, 6.45) is 0.846. The van der Waals surface area contributed by atoms with Gasteiger partial charge in [-0.1, -0.05) is 30.3 Å². The number of nitrogens with zero attached hydrogens (tertiary/aromatic N) is 1. The second-order valence-electron chi connectivity index (χ2n) is 7.10. The Labute approximate surface area is 165 Å². The van der Waals surface area contributed by atoms with Crippen LogP contribution in [0.1, 0.15) is 30.9 Å². The first-order valence-corrected chi connectivity index (χ1v) is 9.31. The van der Waals surface area contributed by atoms with Crippen molar-refractivity contribution in [3.63, 3.8) is 0 Å². The zero-order valence-electron chi connectivity index (χ0n) is 16.5. The summed E-state index contributed by atoms with van der Waals surface area (Å²) in [6.45, 7) is 2.57. The van der Waals surface area contributed by atoms with Crippen molar-refractivity contribution in [3.8, 4) is 11.5 Å². The minimum Gasteiger partial charge on any atom is -0.497 e. The van der Waals surface area contributed by atoms with Crippen LogP contribution >= 0.6 is 0 Å². The number of benzene rings is 2. The normalized spacial score (nSPS) is 18.8. The van der Waals surface area contributed by atoms with Gasteiger partial charge in [0, 0.05) is 24.6 Å². The van der Waals surface area contributed by atoms with Gasteiger partial charge in [0.1, 0.15) is 17.0 Å². The van der Waals surface area contributed by atoms with Gasteiger partial charge < -0.3 is 19.7 Å². The summed E-state index contributed by atoms with van der Waals surface area (Å²) in [5.41, 5.74) is 0.962. The molecule has 3 rings (SSSR count). The van der Waals surface area contributed by atoms with Gasteiger partial charge in [-0.3, -0.25) is 9.59 Å². The number of ether oxygens (including phenoxy) is 2. The molecule has 2 amide bonds. The van der Waals surface area contributed by atoms with E-state index in [1.54, 1.807) is 25.2 Å². The highest BCUT2D eigenvalue weighted by atomic mass is 16.5. The lowest BCUT2D eigenvalue weighted by molar-refractivity contribution is -0.141. The van der Waals surface area contributed by atoms with E-state index in [2.05, 4.69) is 5.32 Å². The summed E-state index contributed by atoms with van der Waals surface area (Å²) >= 11 is 0. The number of hydrogen-bond acceptors (Lipinski definition) is 4. The molecule has 2 aromatic carbocycles. The molecule has 0 aliphatic carbocycles. The molecule has 1 fully saturated rings. The van der Waals surface area contributed by atoms with Crippen LogP contribution in [0.15, 0.2) is 48.5 Å². The molecule has 28 heavy (non-hydrogen) atoms. The molecule has 6 nitrogen and oxygen atoms in total. The van der Waals surface area contributed by atoms with Gasteiger partial charge in [0.2, 0.25) is 11.8 Å². The molecular weight excluding hydrogens is 356 g/mol. The second-order valence-corrected chi connectivity index (χ2v) is 7.10. The molecule has 0 spiro atoms. The van der Waals surface area contributed by atoms with E-state index < -0.39 is 5.54 Å². The van der Waals surface area contributed by atoms with Crippen LogP contribution in [0, 0.1) is 0 Å². The van der Waals surface area contributed by atoms with Crippen molar-refractivity contribution in [2.45, 2.75) is 38.4 Å². The molecule has 148 valence electrons. The van der Waals surface area contributed by atoms with Crippen molar-refractivity contribution in [1.82, 2.24) is 10.2 Å². The number of methoxy groups -OCH3 is 2. The Morgan fingerprint density at radius 3 is 2.57 bits per heavy atom. The maximum Gasteiger partial charge on any atom is 0.245 e. The molecule has 2 aromatic rings. The van der Waals surface area contributed by atoms with Crippen LogP contribution in [0.25, 0.3) is 0 Å². The van der Waals surface area contributed by atoms with Crippen molar-refractivity contribution < 1.29 is 19.1 Å². The van der Waals surface area contributed by atoms with Crippen LogP contribution in [-0.2, 0) is 22.7 Å². The largest absolute Gasteiger partial charge is 0.497 e. The molecule has 1 atom stereocenters. The van der Waals surface area contributed by atoms with E-state index >= 15 is 0 Å². The minimum absolute atomic E-state index is 0.0322. The SMILES string of the molecule is COc1ccc(CN2C(=O)CC[C@]2(C)C(=O)NCc2ccccc2)c(OC)c1. The fourth-order valence-electron chi connectivity index (χ4n) is 3.52. The van der Waals surface area contributed by atoms with Crippen LogP contribution in [0.2, 0.25) is 0 Å². The number of amides is 2. The molecule has 6 heteroatoms. The molecule has 0 bridgehead atoms. The van der Waals surface area contributed by atoms with Gasteiger partial charge in [0.25, 0.3) is 0 Å². The summed E-state index contributed by atoms with van der Waals surface area (Å²) in [5.74, 6) is 1.13. The highest BCUT2D eigenvalue weighted by Crippen LogP contribution is 2.34. The number of carbonyl (C=O) groups excluding carboxylic acids is 2. The van der Waals surface area contributed by atoms with Crippen LogP contribution in [0.5, 0.6) is 11.5 Å². The van der Waals surface area contributed by atoms with Crippen molar-refractivity contribution in [2.75, 3.05) is 14.2 Å². The van der Waals surface area contributed by atoms with Crippen LogP contribution in [0.4, 0.5) is 0 Å². The predicted octanol–water partition coefficient (Wildman–Crippen LogP) is 2.90. The fraction of sp³-hybridized carbons (Fsp3) is 0.364. The average molecular weight is 382 g/mol. The van der Waals surface area contributed by atoms with Crippen molar-refractivity contribution >= 4 is 11.8 Å². The van der Waals surface area contributed by atoms with Crippen LogP contribution in [0.3, 0.4) is 0 Å². The summed E-state index contributed by atoms with van der Waals surface area (Å²) < 4.78 is 10.7. The monoisotopic (exact) mass is 382 g/mol. The zero-order valence-corrected chi connectivity index (χ0v) is 16.5. The first-order chi connectivity index (χ1) is 13.5. The Balaban J connectivity index is 1.77. The lowest BCUT2D eigenvalue weighted by Gasteiger charge is -2.34. The fourth-order valence-corrected chi connectivity index (χ4v) is 3.52. The number of likely N-dealkylation sites (tertiary alicyclic amines) is 1. The van der Waals surface area contributed by atoms with Crippen LogP contribution in [-0.4, -0.2) is 36.5 Å². The van der Waals surface area contributed by atoms with Crippen molar-refractivity contribution in [3.05, 3.63) is 59.7 Å². The van der Waals surface area contributed by atoms with Crippen LogP contribution < -0.4 is 14.8 Å². The summed E-state index contributed by atoms with van der Waals surface area (Å²) in [5, 5.41) is 2.98. The quantitative estimate of drug-likeness (QED) is 0.800. The number of hydrogen-bond donors (Lipinski definition) is 1. The molecule has 0 radical (unpaired) electrons. The Kier molecular flexibility index (Phi) is 5.87. The summed E-state index contributed by atoms with van der Waals surface area (Å²) in [7, 11) is 3.17. The molecular formula is C22H26N2O4. The topological polar surface area (TPSA) is 67.9 Å². The number of nitrogens with one attached hydrogen (secondary N) is 1. The zero-order chi connectivity index (χ0) is 20.1. The van der Waals surface area contributed by atoms with E-state index in [0.717, 1.165) is 11.1 Å². The van der Waals surface area contributed by atoms with Crippen molar-refractivity contribution in [1.29, 1.82) is 0 Å². The third kappa shape index (κ3) is 3.96. The first-order valence-electron chi connectivity index (χ1n) is 9.31. The maximum absolute atomic E-state index is 13.0. The van der Waals surface area contributed by atoms with Gasteiger partial charge in [-0.2, -0.15) is 0 Å². The van der Waals surface area contributed by atoms with E-state index in [4.69, 9.17) is 9.47 Å². The van der Waals surface area contributed by atoms with Gasteiger partial charge in [-0.15, -0.1) is 0 Å². The predicted molar refractivity (Wildman–Crippen MR) is 106 cm³/mol. The lowest BCUT2D eigenvalue weighted by Crippen LogP contribution is -2.53. The van der Waals surface area contributed by atoms with E-state index in [1.165, 1.54) is 0 Å². The molecule has 0 unspecified atom stereocenters. The second kappa shape index (κ2) is 8.33. The minimum atomic E-state index is -0.892. The Hall–Kier alpha value is -3.02. The van der Waals surface area contributed by atoms with Gasteiger partial charge in [-0.25, -0.2) is 0 Å². The highest BCUT2D eigenvalue weighted by molar-refractivity contribution is 5.94. The van der Waals surface area contributed by atoms with Gasteiger partial charge in [-0.05, 0) is 31.0 Å². The molecule has 1 heterocycles. The Morgan fingerprint density at radius 1 is 1.14 bits per heavy atom. The number of carbonyl (C=O) groups is 2. The molecule has 1 saturated heterocycles. The Bertz CT molecular complexity index is 853. The highest BCUT2D eigenvalue weighted by Gasteiger charge is 2.47. The lowest BCUT2D eigenvalue weighted by atomic mass is 9.96. The molecule has 0 aromatic heterocycles. The van der Waals surface area contributed by atoms with Crippen molar-refractivity contribution in [2.24, 2.45) is 0 Å². The van der Waals surface area contributed by atoms with E-state index in [1.807, 2.05) is 49.4 Å². The molecule has 1 N–H and O–H groups in total. The van der Waals surface area contributed by atoms with E-state index in [-0.39, 0.29) is 11.8 Å². The molecule has 1 aliphatic rings. The Morgan fingerprint density at radius 2 is 1.89 bits per heavy atom.